The molecule has 0 aliphatic carbocycles. The van der Waals surface area contributed by atoms with Gasteiger partial charge in [0, 0.05) is 6.54 Å². The maximum absolute atomic E-state index is 12.5. The summed E-state index contributed by atoms with van der Waals surface area (Å²) in [5, 5.41) is 10.6. The Morgan fingerprint density at radius 2 is 2.08 bits per heavy atom. The van der Waals surface area contributed by atoms with Crippen LogP contribution in [-0.2, 0) is 4.74 Å². The van der Waals surface area contributed by atoms with Gasteiger partial charge in [-0.3, -0.25) is 14.2 Å². The summed E-state index contributed by atoms with van der Waals surface area (Å²) in [6.45, 7) is 5.73. The van der Waals surface area contributed by atoms with Gasteiger partial charge < -0.3 is 9.84 Å². The second-order valence-electron chi connectivity index (χ2n) is 7.19. The van der Waals surface area contributed by atoms with Crippen LogP contribution in [0, 0.1) is 0 Å². The van der Waals surface area contributed by atoms with E-state index < -0.39 is 24.5 Å². The Hall–Kier alpha value is -1.66. The fourth-order valence-corrected chi connectivity index (χ4v) is 3.05. The third-order valence-corrected chi connectivity index (χ3v) is 4.01. The first kappa shape index (κ1) is 18.7. The number of nitrogens with zero attached hydrogens (tertiary/aromatic N) is 2. The van der Waals surface area contributed by atoms with E-state index >= 15 is 0 Å². The van der Waals surface area contributed by atoms with Gasteiger partial charge >= 0.3 is 6.09 Å². The van der Waals surface area contributed by atoms with Crippen molar-refractivity contribution in [3.05, 3.63) is 29.8 Å². The second kappa shape index (κ2) is 7.49. The minimum atomic E-state index is -0.767. The van der Waals surface area contributed by atoms with Crippen molar-refractivity contribution in [1.82, 2.24) is 4.90 Å². The van der Waals surface area contributed by atoms with E-state index in [2.05, 4.69) is 0 Å². The van der Waals surface area contributed by atoms with Crippen LogP contribution in [0.5, 0.6) is 0 Å². The number of hydrogen-bond acceptors (Lipinski definition) is 4. The van der Waals surface area contributed by atoms with Gasteiger partial charge in [-0.2, -0.15) is 0 Å². The second-order valence-corrected chi connectivity index (χ2v) is 7.19. The van der Waals surface area contributed by atoms with E-state index in [-0.39, 0.29) is 12.6 Å². The number of hydrogen-bond donors (Lipinski definition) is 1. The van der Waals surface area contributed by atoms with Gasteiger partial charge in [-0.1, -0.05) is 18.2 Å². The molecule has 1 aromatic rings. The number of anilines is 1. The molecule has 1 aliphatic rings. The minimum Gasteiger partial charge on any atom is -0.443 e. The van der Waals surface area contributed by atoms with Crippen molar-refractivity contribution < 1.29 is 19.0 Å². The van der Waals surface area contributed by atoms with Gasteiger partial charge in [0.05, 0.1) is 31.1 Å². The van der Waals surface area contributed by atoms with Crippen LogP contribution in [-0.4, -0.2) is 54.6 Å². The molecule has 24 heavy (non-hydrogen) atoms. The fourth-order valence-electron chi connectivity index (χ4n) is 3.05. The molecule has 0 fully saturated rings. The van der Waals surface area contributed by atoms with Crippen molar-refractivity contribution in [2.75, 3.05) is 31.7 Å². The van der Waals surface area contributed by atoms with E-state index in [1.54, 1.807) is 0 Å². The average Bonchev–Trinajstić information content (AvgIpc) is 2.50. The number of likely N-dealkylation sites (N-methyl/N-ethyl adjacent to an activating group) is 1. The molecule has 5 nitrogen and oxygen atoms in total. The van der Waals surface area contributed by atoms with Crippen LogP contribution in [0.1, 0.15) is 38.8 Å². The molecule has 0 bridgehead atoms. The molecule has 1 heterocycles. The number of alkyl halides is 1. The Labute approximate surface area is 143 Å². The first-order valence-corrected chi connectivity index (χ1v) is 8.28. The molecule has 0 aromatic heterocycles. The van der Waals surface area contributed by atoms with Gasteiger partial charge in [-0.25, -0.2) is 4.79 Å². The van der Waals surface area contributed by atoms with Crippen LogP contribution >= 0.6 is 0 Å². The summed E-state index contributed by atoms with van der Waals surface area (Å²) >= 11 is 0. The highest BCUT2D eigenvalue weighted by atomic mass is 19.1. The van der Waals surface area contributed by atoms with Crippen LogP contribution in [0.25, 0.3) is 0 Å². The number of benzene rings is 1. The van der Waals surface area contributed by atoms with E-state index in [0.717, 1.165) is 11.3 Å². The molecule has 2 atom stereocenters. The molecular weight excluding hydrogens is 311 g/mol. The van der Waals surface area contributed by atoms with Crippen molar-refractivity contribution in [1.29, 1.82) is 0 Å². The predicted octanol–water partition coefficient (Wildman–Crippen LogP) is 3.14. The van der Waals surface area contributed by atoms with Gasteiger partial charge in [0.15, 0.2) is 0 Å². The fraction of sp³-hybridized carbons (Fsp3) is 0.611. The summed E-state index contributed by atoms with van der Waals surface area (Å²) in [6, 6.07) is 7.20. The lowest BCUT2D eigenvalue weighted by Gasteiger charge is -2.41. The Bertz CT molecular complexity index is 574. The number of fused-ring (bicyclic) bond motifs is 1. The van der Waals surface area contributed by atoms with Crippen LogP contribution in [0.15, 0.2) is 24.3 Å². The molecule has 0 spiro atoms. The summed E-state index contributed by atoms with van der Waals surface area (Å²) in [5.41, 5.74) is 0.976. The molecule has 1 aliphatic heterocycles. The van der Waals surface area contributed by atoms with Crippen LogP contribution in [0.4, 0.5) is 14.9 Å². The first-order valence-electron chi connectivity index (χ1n) is 8.28. The quantitative estimate of drug-likeness (QED) is 0.916. The number of rotatable bonds is 4. The zero-order valence-corrected chi connectivity index (χ0v) is 14.8. The monoisotopic (exact) mass is 338 g/mol. The third-order valence-electron chi connectivity index (χ3n) is 4.01. The number of carbonyl (C=O) groups is 1. The predicted molar refractivity (Wildman–Crippen MR) is 92.0 cm³/mol. The minimum absolute atomic E-state index is 0.149. The summed E-state index contributed by atoms with van der Waals surface area (Å²) in [5.74, 6) is 0. The Kier molecular flexibility index (Phi) is 5.83. The summed E-state index contributed by atoms with van der Waals surface area (Å²) in [6.07, 6.45) is -0.826. The molecular formula is C18H27FN2O3. The van der Waals surface area contributed by atoms with Crippen molar-refractivity contribution in [2.45, 2.75) is 44.9 Å². The molecule has 0 unspecified atom stereocenters. The maximum atomic E-state index is 12.5. The molecule has 134 valence electrons. The van der Waals surface area contributed by atoms with Gasteiger partial charge in [0.1, 0.15) is 5.60 Å². The van der Waals surface area contributed by atoms with E-state index in [4.69, 9.17) is 4.74 Å². The van der Waals surface area contributed by atoms with Crippen molar-refractivity contribution >= 4 is 11.8 Å². The molecule has 0 saturated carbocycles. The van der Waals surface area contributed by atoms with Gasteiger partial charge in [-0.15, -0.1) is 0 Å². The summed E-state index contributed by atoms with van der Waals surface area (Å²) in [7, 11) is 1.86. The zero-order valence-electron chi connectivity index (χ0n) is 14.8. The van der Waals surface area contributed by atoms with E-state index in [0.29, 0.717) is 13.0 Å². The van der Waals surface area contributed by atoms with Gasteiger partial charge in [0.2, 0.25) is 0 Å². The average molecular weight is 338 g/mol. The van der Waals surface area contributed by atoms with Crippen LogP contribution in [0.2, 0.25) is 0 Å². The van der Waals surface area contributed by atoms with Crippen LogP contribution < -0.4 is 4.90 Å². The standard InChI is InChI=1S/C18H27FN2O3/c1-18(2,3)24-17(23)21-12-15(22)16(20(4)11-7-10-19)13-8-5-6-9-14(13)21/h5-6,8-9,15-16,22H,7,10-12H2,1-4H3/t15-,16-/m0/s1. The maximum Gasteiger partial charge on any atom is 0.414 e. The highest BCUT2D eigenvalue weighted by molar-refractivity contribution is 5.90. The van der Waals surface area contributed by atoms with Gasteiger partial charge in [0.25, 0.3) is 0 Å². The van der Waals surface area contributed by atoms with Gasteiger partial charge in [-0.05, 0) is 45.9 Å². The number of halogens is 1. The number of ether oxygens (including phenoxy) is 1. The highest BCUT2D eigenvalue weighted by Gasteiger charge is 2.38. The largest absolute Gasteiger partial charge is 0.443 e. The smallest absolute Gasteiger partial charge is 0.414 e. The summed E-state index contributed by atoms with van der Waals surface area (Å²) < 4.78 is 17.9. The lowest BCUT2D eigenvalue weighted by molar-refractivity contribution is 0.0410. The summed E-state index contributed by atoms with van der Waals surface area (Å²) in [4.78, 5) is 15.9. The SMILES string of the molecule is CN(CCCF)[C@H]1c2ccccc2N(C(=O)OC(C)(C)C)C[C@@H]1O. The molecule has 1 N–H and O–H groups in total. The lowest BCUT2D eigenvalue weighted by Crippen LogP contribution is -2.50. The Morgan fingerprint density at radius 1 is 1.42 bits per heavy atom. The van der Waals surface area contributed by atoms with Crippen molar-refractivity contribution in [3.63, 3.8) is 0 Å². The molecule has 0 saturated heterocycles. The normalized spacial score (nSPS) is 20.9. The number of para-hydroxylation sites is 1. The third kappa shape index (κ3) is 4.24. The molecule has 2 rings (SSSR count). The van der Waals surface area contributed by atoms with E-state index in [1.807, 2.05) is 57.0 Å². The van der Waals surface area contributed by atoms with Crippen molar-refractivity contribution in [2.24, 2.45) is 0 Å². The molecule has 1 aromatic carbocycles. The van der Waals surface area contributed by atoms with E-state index in [9.17, 15) is 14.3 Å². The number of amides is 1. The number of aliphatic hydroxyl groups excluding tert-OH is 1. The highest BCUT2D eigenvalue weighted by Crippen LogP contribution is 2.37. The number of β-amino-alcohol motifs (C(OH)–C–C–N with tert-alkyl or cyclic N) is 1. The number of aliphatic hydroxyl groups is 1. The number of carbonyl (C=O) groups excluding carboxylic acids is 1. The first-order chi connectivity index (χ1) is 11.2. The van der Waals surface area contributed by atoms with Crippen LogP contribution in [0.3, 0.4) is 0 Å². The topological polar surface area (TPSA) is 53.0 Å². The molecule has 1 amide bonds. The zero-order chi connectivity index (χ0) is 17.9. The lowest BCUT2D eigenvalue weighted by atomic mass is 9.93. The van der Waals surface area contributed by atoms with E-state index in [1.165, 1.54) is 4.90 Å². The van der Waals surface area contributed by atoms with Crippen molar-refractivity contribution in [3.8, 4) is 0 Å². The molecule has 0 radical (unpaired) electrons. The Morgan fingerprint density at radius 3 is 2.71 bits per heavy atom. The molecule has 6 heteroatoms. The Balaban J connectivity index is 2.31.